The minimum atomic E-state index is -0.293. The van der Waals surface area contributed by atoms with Crippen LogP contribution in [0, 0.1) is 22.7 Å². The quantitative estimate of drug-likeness (QED) is 0.326. The maximum atomic E-state index is 10.6. The lowest BCUT2D eigenvalue weighted by atomic mass is 9.88. The van der Waals surface area contributed by atoms with Crippen molar-refractivity contribution in [1.82, 2.24) is 19.9 Å². The first-order valence-electron chi connectivity index (χ1n) is 15.0. The summed E-state index contributed by atoms with van der Waals surface area (Å²) >= 11 is 3.33. The van der Waals surface area contributed by atoms with Gasteiger partial charge in [0.1, 0.15) is 35.1 Å². The van der Waals surface area contributed by atoms with Crippen LogP contribution in [0.1, 0.15) is 59.9 Å². The highest BCUT2D eigenvalue weighted by atomic mass is 32.2. The molecule has 4 N–H and O–H groups in total. The van der Waals surface area contributed by atoms with Crippen LogP contribution >= 0.6 is 23.1 Å². The Hall–Kier alpha value is -3.82. The van der Waals surface area contributed by atoms with Crippen molar-refractivity contribution in [2.45, 2.75) is 48.8 Å². The van der Waals surface area contributed by atoms with Crippen molar-refractivity contribution in [2.24, 2.45) is 0 Å². The molecule has 0 aromatic carbocycles. The molecule has 0 bridgehead atoms. The van der Waals surface area contributed by atoms with Gasteiger partial charge in [0.2, 0.25) is 0 Å². The zero-order chi connectivity index (χ0) is 31.9. The maximum absolute atomic E-state index is 10.6. The van der Waals surface area contributed by atoms with Gasteiger partial charge in [-0.1, -0.05) is 6.07 Å². The molecule has 2 atom stereocenters. The van der Waals surface area contributed by atoms with Gasteiger partial charge >= 0.3 is 6.01 Å². The molecular formula is C31H38N10O2S2. The summed E-state index contributed by atoms with van der Waals surface area (Å²) in [6, 6.07) is 8.53. The number of aromatic nitrogens is 3. The van der Waals surface area contributed by atoms with E-state index in [4.69, 9.17) is 30.9 Å². The lowest BCUT2D eigenvalue weighted by Crippen LogP contribution is -2.57. The number of nitrogen functional groups attached to an aromatic ring is 2. The maximum Gasteiger partial charge on any atom is 0.320 e. The summed E-state index contributed by atoms with van der Waals surface area (Å²) in [6.45, 7) is 7.62. The number of anilines is 4. The Kier molecular flexibility index (Phi) is 8.43. The van der Waals surface area contributed by atoms with Gasteiger partial charge in [-0.05, 0) is 46.3 Å². The molecule has 6 heterocycles. The summed E-state index contributed by atoms with van der Waals surface area (Å²) in [7, 11) is 3.79. The molecule has 45 heavy (non-hydrogen) atoms. The Balaban J connectivity index is 1.39. The average molecular weight is 647 g/mol. The molecule has 3 aliphatic heterocycles. The summed E-state index contributed by atoms with van der Waals surface area (Å²) < 4.78 is 11.8. The Morgan fingerprint density at radius 1 is 1.18 bits per heavy atom. The van der Waals surface area contributed by atoms with E-state index in [2.05, 4.69) is 34.0 Å². The molecule has 1 spiro atoms. The van der Waals surface area contributed by atoms with Crippen LogP contribution in [0.5, 0.6) is 6.01 Å². The SMILES string of the molecule is CCN(c1nc(OCC2(COC)CCCN2C)nc(N2CC3(C2)SCc2sc(N)c(C#N)c23)c1C#N)[C@H](C)c1cccnc1N. The molecule has 2 saturated heterocycles. The van der Waals surface area contributed by atoms with Gasteiger partial charge in [0.25, 0.3) is 0 Å². The van der Waals surface area contributed by atoms with Crippen molar-refractivity contribution in [3.8, 4) is 18.1 Å². The van der Waals surface area contributed by atoms with Gasteiger partial charge in [0.05, 0.1) is 28.5 Å². The molecular weight excluding hydrogens is 609 g/mol. The van der Waals surface area contributed by atoms with Gasteiger partial charge in [0.15, 0.2) is 11.6 Å². The van der Waals surface area contributed by atoms with Crippen LogP contribution in [-0.4, -0.2) is 78.9 Å². The van der Waals surface area contributed by atoms with Crippen molar-refractivity contribution in [1.29, 1.82) is 10.5 Å². The molecule has 2 fully saturated rings. The van der Waals surface area contributed by atoms with E-state index in [9.17, 15) is 10.5 Å². The average Bonchev–Trinajstić information content (AvgIpc) is 3.67. The van der Waals surface area contributed by atoms with E-state index in [1.807, 2.05) is 42.6 Å². The second-order valence-corrected chi connectivity index (χ2v) is 14.4. The third kappa shape index (κ3) is 5.20. The van der Waals surface area contributed by atoms with E-state index in [1.54, 1.807) is 13.3 Å². The monoisotopic (exact) mass is 646 g/mol. The second kappa shape index (κ2) is 12.2. The van der Waals surface area contributed by atoms with Crippen LogP contribution < -0.4 is 26.0 Å². The van der Waals surface area contributed by atoms with Crippen LogP contribution in [0.2, 0.25) is 0 Å². The first-order valence-corrected chi connectivity index (χ1v) is 16.8. The number of thioether (sulfide) groups is 1. The predicted octanol–water partition coefficient (Wildman–Crippen LogP) is 3.88. The number of thiophene rings is 1. The first kappa shape index (κ1) is 31.2. The van der Waals surface area contributed by atoms with Gasteiger partial charge in [-0.15, -0.1) is 23.1 Å². The van der Waals surface area contributed by atoms with Crippen molar-refractivity contribution in [3.63, 3.8) is 0 Å². The highest BCUT2D eigenvalue weighted by Crippen LogP contribution is 2.58. The molecule has 3 aromatic rings. The number of pyridine rings is 1. The summed E-state index contributed by atoms with van der Waals surface area (Å²) in [5.41, 5.74) is 15.0. The van der Waals surface area contributed by atoms with Crippen LogP contribution in [0.4, 0.5) is 22.5 Å². The molecule has 0 amide bonds. The van der Waals surface area contributed by atoms with Crippen molar-refractivity contribution in [3.05, 3.63) is 45.5 Å². The number of hydrogen-bond acceptors (Lipinski definition) is 14. The molecule has 3 aromatic heterocycles. The Morgan fingerprint density at radius 2 is 1.96 bits per heavy atom. The number of fused-ring (bicyclic) bond motifs is 2. The number of methoxy groups -OCH3 is 1. The number of likely N-dealkylation sites (N-methyl/N-ethyl adjacent to an activating group) is 1. The molecule has 14 heteroatoms. The smallest absolute Gasteiger partial charge is 0.320 e. The second-order valence-electron chi connectivity index (χ2n) is 11.9. The highest BCUT2D eigenvalue weighted by molar-refractivity contribution is 8.00. The zero-order valence-electron chi connectivity index (χ0n) is 26.0. The summed E-state index contributed by atoms with van der Waals surface area (Å²) in [5.74, 6) is 2.25. The Labute approximate surface area is 271 Å². The van der Waals surface area contributed by atoms with Gasteiger partial charge in [-0.25, -0.2) is 4.98 Å². The van der Waals surface area contributed by atoms with E-state index in [0.29, 0.717) is 66.4 Å². The summed E-state index contributed by atoms with van der Waals surface area (Å²) in [5, 5.41) is 21.1. The Bertz CT molecular complexity index is 1680. The number of nitriles is 2. The summed E-state index contributed by atoms with van der Waals surface area (Å²) in [6.07, 6.45) is 3.65. The molecule has 1 unspecified atom stereocenters. The minimum Gasteiger partial charge on any atom is -0.461 e. The van der Waals surface area contributed by atoms with E-state index < -0.39 is 0 Å². The number of rotatable bonds is 10. The van der Waals surface area contributed by atoms with Crippen LogP contribution in [0.25, 0.3) is 0 Å². The van der Waals surface area contributed by atoms with Crippen molar-refractivity contribution < 1.29 is 9.47 Å². The lowest BCUT2D eigenvalue weighted by Gasteiger charge is -2.49. The molecule has 0 aliphatic carbocycles. The van der Waals surface area contributed by atoms with Gasteiger partial charge in [-0.3, -0.25) is 4.90 Å². The minimum absolute atomic E-state index is 0.206. The number of ether oxygens (including phenoxy) is 2. The summed E-state index contributed by atoms with van der Waals surface area (Å²) in [4.78, 5) is 21.6. The third-order valence-electron chi connectivity index (χ3n) is 9.44. The van der Waals surface area contributed by atoms with Gasteiger partial charge < -0.3 is 30.7 Å². The first-order chi connectivity index (χ1) is 21.7. The number of hydrogen-bond donors (Lipinski definition) is 2. The standard InChI is InChI=1S/C31H38N10O2S2/c1-5-41(19(2)20-8-6-10-36-25(20)34)28-22(13-33)27(37-29(38-28)43-18-30(17-42-4)9-7-11-39(30)3)40-15-31(16-40)24-21(12-32)26(35)45-23(24)14-44-31/h6,8,10,19H,5,7,9,11,14-18,35H2,1-4H3,(H2,34,36)/t19-,30?/m1/s1. The van der Waals surface area contributed by atoms with Crippen LogP contribution in [0.3, 0.4) is 0 Å². The fourth-order valence-corrected chi connectivity index (χ4v) is 9.77. The van der Waals surface area contributed by atoms with Crippen LogP contribution in [0.15, 0.2) is 18.3 Å². The normalized spacial score (nSPS) is 20.8. The van der Waals surface area contributed by atoms with E-state index in [0.717, 1.165) is 41.1 Å². The fourth-order valence-electron chi connectivity index (χ4n) is 6.96. The molecule has 0 saturated carbocycles. The molecule has 12 nitrogen and oxygen atoms in total. The lowest BCUT2D eigenvalue weighted by molar-refractivity contribution is 0.0158. The predicted molar refractivity (Wildman–Crippen MR) is 177 cm³/mol. The highest BCUT2D eigenvalue weighted by Gasteiger charge is 2.53. The van der Waals surface area contributed by atoms with E-state index in [1.165, 1.54) is 11.3 Å². The van der Waals surface area contributed by atoms with Crippen molar-refractivity contribution >= 4 is 45.6 Å². The number of likely N-dealkylation sites (tertiary alicyclic amines) is 1. The molecule has 236 valence electrons. The molecule has 6 rings (SSSR count). The Morgan fingerprint density at radius 3 is 2.60 bits per heavy atom. The fraction of sp³-hybridized carbons (Fsp3) is 0.516. The molecule has 3 aliphatic rings. The van der Waals surface area contributed by atoms with E-state index >= 15 is 0 Å². The third-order valence-corrected chi connectivity index (χ3v) is 12.1. The topological polar surface area (TPSA) is 166 Å². The van der Waals surface area contributed by atoms with Gasteiger partial charge in [0, 0.05) is 54.7 Å². The van der Waals surface area contributed by atoms with Gasteiger partial charge in [-0.2, -0.15) is 20.5 Å². The zero-order valence-corrected chi connectivity index (χ0v) is 27.7. The van der Waals surface area contributed by atoms with Crippen LogP contribution in [-0.2, 0) is 15.2 Å². The van der Waals surface area contributed by atoms with Crippen molar-refractivity contribution in [2.75, 3.05) is 74.8 Å². The molecule has 0 radical (unpaired) electrons. The number of nitrogens with two attached hydrogens (primary N) is 2. The van der Waals surface area contributed by atoms with E-state index in [-0.39, 0.29) is 22.3 Å². The number of nitrogens with zero attached hydrogens (tertiary/aromatic N) is 8. The largest absolute Gasteiger partial charge is 0.461 e.